The number of aromatic nitrogens is 1. The summed E-state index contributed by atoms with van der Waals surface area (Å²) < 4.78 is 0. The second-order valence-corrected chi connectivity index (χ2v) is 7.86. The van der Waals surface area contributed by atoms with Crippen LogP contribution in [0.15, 0.2) is 24.3 Å². The fraction of sp³-hybridized carbons (Fsp3) is 0.550. The molecule has 2 aromatic rings. The van der Waals surface area contributed by atoms with Crippen molar-refractivity contribution >= 4 is 16.9 Å². The smallest absolute Gasteiger partial charge is 0.306 e. The van der Waals surface area contributed by atoms with Crippen molar-refractivity contribution in [1.29, 1.82) is 0 Å². The number of H-pyrrole nitrogens is 1. The van der Waals surface area contributed by atoms with Gasteiger partial charge >= 0.3 is 5.97 Å². The molecule has 2 aliphatic heterocycles. The number of hydrogen-bond donors (Lipinski definition) is 2. The van der Waals surface area contributed by atoms with Gasteiger partial charge in [-0.15, -0.1) is 0 Å². The van der Waals surface area contributed by atoms with E-state index in [2.05, 4.69) is 34.1 Å². The van der Waals surface area contributed by atoms with E-state index >= 15 is 0 Å². The van der Waals surface area contributed by atoms with Gasteiger partial charge in [0.25, 0.3) is 0 Å². The van der Waals surface area contributed by atoms with Crippen LogP contribution >= 0.6 is 0 Å². The predicted molar refractivity (Wildman–Crippen MR) is 92.9 cm³/mol. The lowest BCUT2D eigenvalue weighted by Gasteiger charge is -2.49. The molecule has 0 amide bonds. The SMILES string of the molecule is O=C(O)C1CCCC2CN3CCc4c([nH]c5ccccc45)C3CC21. The molecule has 3 aliphatic rings. The van der Waals surface area contributed by atoms with Crippen LogP contribution in [0.2, 0.25) is 0 Å². The molecule has 5 rings (SSSR count). The molecule has 2 fully saturated rings. The molecule has 4 atom stereocenters. The maximum atomic E-state index is 11.7. The van der Waals surface area contributed by atoms with Gasteiger partial charge in [-0.25, -0.2) is 0 Å². The van der Waals surface area contributed by atoms with Crippen molar-refractivity contribution in [1.82, 2.24) is 9.88 Å². The number of carboxylic acid groups (broad SMARTS) is 1. The molecular weight excluding hydrogens is 300 g/mol. The Morgan fingerprint density at radius 3 is 3.00 bits per heavy atom. The van der Waals surface area contributed by atoms with E-state index in [0.717, 1.165) is 38.8 Å². The molecule has 2 N–H and O–H groups in total. The minimum absolute atomic E-state index is 0.138. The van der Waals surface area contributed by atoms with Gasteiger partial charge in [0.1, 0.15) is 0 Å². The number of benzene rings is 1. The lowest BCUT2D eigenvalue weighted by Crippen LogP contribution is -2.50. The molecule has 1 aromatic heterocycles. The molecule has 0 bridgehead atoms. The first-order valence-corrected chi connectivity index (χ1v) is 9.28. The first-order chi connectivity index (χ1) is 11.7. The number of carbonyl (C=O) groups is 1. The van der Waals surface area contributed by atoms with Crippen LogP contribution in [0.25, 0.3) is 10.9 Å². The number of piperidine rings is 1. The fourth-order valence-electron chi connectivity index (χ4n) is 5.66. The van der Waals surface area contributed by atoms with Crippen LogP contribution in [0.3, 0.4) is 0 Å². The van der Waals surface area contributed by atoms with Crippen molar-refractivity contribution in [3.8, 4) is 0 Å². The molecule has 0 spiro atoms. The van der Waals surface area contributed by atoms with E-state index in [1.807, 2.05) is 0 Å². The van der Waals surface area contributed by atoms with E-state index in [-0.39, 0.29) is 5.92 Å². The highest BCUT2D eigenvalue weighted by Gasteiger charge is 2.46. The zero-order valence-corrected chi connectivity index (χ0v) is 13.9. The number of fused-ring (bicyclic) bond motifs is 6. The van der Waals surface area contributed by atoms with Crippen molar-refractivity contribution < 1.29 is 9.90 Å². The lowest BCUT2D eigenvalue weighted by molar-refractivity contribution is -0.148. The first-order valence-electron chi connectivity index (χ1n) is 9.28. The van der Waals surface area contributed by atoms with Crippen LogP contribution in [-0.4, -0.2) is 34.0 Å². The Morgan fingerprint density at radius 1 is 1.25 bits per heavy atom. The second-order valence-electron chi connectivity index (χ2n) is 7.86. The molecule has 1 aromatic carbocycles. The van der Waals surface area contributed by atoms with Crippen LogP contribution in [-0.2, 0) is 11.2 Å². The summed E-state index contributed by atoms with van der Waals surface area (Å²) in [6.45, 7) is 2.19. The number of hydrogen-bond acceptors (Lipinski definition) is 2. The Bertz CT molecular complexity index is 796. The van der Waals surface area contributed by atoms with E-state index in [9.17, 15) is 9.90 Å². The highest BCUT2D eigenvalue weighted by atomic mass is 16.4. The number of nitrogens with zero attached hydrogens (tertiary/aromatic N) is 1. The van der Waals surface area contributed by atoms with Crippen LogP contribution < -0.4 is 0 Å². The van der Waals surface area contributed by atoms with Gasteiger partial charge in [0.2, 0.25) is 0 Å². The number of para-hydroxylation sites is 1. The number of nitrogens with one attached hydrogen (secondary N) is 1. The van der Waals surface area contributed by atoms with Crippen LogP contribution in [0.1, 0.15) is 43.0 Å². The highest BCUT2D eigenvalue weighted by molar-refractivity contribution is 5.85. The van der Waals surface area contributed by atoms with Crippen LogP contribution in [0, 0.1) is 17.8 Å². The molecule has 1 saturated carbocycles. The number of aliphatic carboxylic acids is 1. The monoisotopic (exact) mass is 324 g/mol. The zero-order valence-electron chi connectivity index (χ0n) is 13.9. The minimum atomic E-state index is -0.578. The summed E-state index contributed by atoms with van der Waals surface area (Å²) in [5.74, 6) is 0.198. The maximum absolute atomic E-state index is 11.7. The first kappa shape index (κ1) is 14.5. The van der Waals surface area contributed by atoms with Crippen molar-refractivity contribution in [3.63, 3.8) is 0 Å². The molecule has 24 heavy (non-hydrogen) atoms. The number of carboxylic acids is 1. The topological polar surface area (TPSA) is 56.3 Å². The summed E-state index contributed by atoms with van der Waals surface area (Å²) in [6, 6.07) is 8.95. The van der Waals surface area contributed by atoms with Crippen LogP contribution in [0.4, 0.5) is 0 Å². The molecule has 4 unspecified atom stereocenters. The van der Waals surface area contributed by atoms with Crippen molar-refractivity contribution in [3.05, 3.63) is 35.5 Å². The third-order valence-electron chi connectivity index (χ3n) is 6.76. The average Bonchev–Trinajstić information content (AvgIpc) is 2.98. The molecule has 4 heteroatoms. The van der Waals surface area contributed by atoms with E-state index in [1.165, 1.54) is 28.6 Å². The fourth-order valence-corrected chi connectivity index (χ4v) is 5.66. The zero-order chi connectivity index (χ0) is 16.3. The Labute approximate surface area is 141 Å². The summed E-state index contributed by atoms with van der Waals surface area (Å²) in [5.41, 5.74) is 4.05. The normalized spacial score (nSPS) is 32.8. The lowest BCUT2D eigenvalue weighted by atomic mass is 9.66. The molecule has 126 valence electrons. The Hall–Kier alpha value is -1.81. The molecule has 0 radical (unpaired) electrons. The van der Waals surface area contributed by atoms with Gasteiger partial charge in [-0.1, -0.05) is 24.6 Å². The minimum Gasteiger partial charge on any atom is -0.481 e. The standard InChI is InChI=1S/C20H24N2O2/c23-20(24)15-6-3-4-12-11-22-9-8-14-13-5-1-2-7-17(13)21-19(14)18(22)10-16(12)15/h1-2,5,7,12,15-16,18,21H,3-4,6,8-11H2,(H,23,24). The van der Waals surface area contributed by atoms with Crippen LogP contribution in [0.5, 0.6) is 0 Å². The summed E-state index contributed by atoms with van der Waals surface area (Å²) >= 11 is 0. The third-order valence-corrected chi connectivity index (χ3v) is 6.76. The number of aromatic amines is 1. The summed E-state index contributed by atoms with van der Waals surface area (Å²) in [4.78, 5) is 18.0. The molecule has 3 heterocycles. The van der Waals surface area contributed by atoms with E-state index < -0.39 is 5.97 Å². The van der Waals surface area contributed by atoms with Gasteiger partial charge in [-0.05, 0) is 49.1 Å². The van der Waals surface area contributed by atoms with Gasteiger partial charge in [0.15, 0.2) is 0 Å². The summed E-state index contributed by atoms with van der Waals surface area (Å²) in [7, 11) is 0. The maximum Gasteiger partial charge on any atom is 0.306 e. The van der Waals surface area contributed by atoms with Gasteiger partial charge in [0.05, 0.1) is 12.0 Å². The Balaban J connectivity index is 1.54. The molecule has 1 saturated heterocycles. The second kappa shape index (κ2) is 5.35. The largest absolute Gasteiger partial charge is 0.481 e. The van der Waals surface area contributed by atoms with Crippen molar-refractivity contribution in [2.45, 2.75) is 38.1 Å². The average molecular weight is 324 g/mol. The summed E-state index contributed by atoms with van der Waals surface area (Å²) in [6.07, 6.45) is 5.26. The predicted octanol–water partition coefficient (Wildman–Crippen LogP) is 3.59. The van der Waals surface area contributed by atoms with Gasteiger partial charge in [0, 0.05) is 29.7 Å². The van der Waals surface area contributed by atoms with E-state index in [1.54, 1.807) is 0 Å². The Morgan fingerprint density at radius 2 is 2.12 bits per heavy atom. The molecule has 4 nitrogen and oxygen atoms in total. The van der Waals surface area contributed by atoms with Gasteiger partial charge < -0.3 is 10.1 Å². The van der Waals surface area contributed by atoms with Gasteiger partial charge in [-0.3, -0.25) is 9.69 Å². The van der Waals surface area contributed by atoms with Crippen molar-refractivity contribution in [2.24, 2.45) is 17.8 Å². The molecular formula is C20H24N2O2. The molecule has 1 aliphatic carbocycles. The van der Waals surface area contributed by atoms with E-state index in [0.29, 0.717) is 17.9 Å². The highest BCUT2D eigenvalue weighted by Crippen LogP contribution is 2.48. The Kier molecular flexibility index (Phi) is 3.24. The van der Waals surface area contributed by atoms with E-state index in [4.69, 9.17) is 0 Å². The van der Waals surface area contributed by atoms with Gasteiger partial charge in [-0.2, -0.15) is 0 Å². The van der Waals surface area contributed by atoms with Crippen molar-refractivity contribution in [2.75, 3.05) is 13.1 Å². The summed E-state index contributed by atoms with van der Waals surface area (Å²) in [5, 5.41) is 11.0. The number of rotatable bonds is 1. The quantitative estimate of drug-likeness (QED) is 0.843. The third kappa shape index (κ3) is 2.05.